The zero-order valence-corrected chi connectivity index (χ0v) is 16.1. The van der Waals surface area contributed by atoms with Gasteiger partial charge in [0, 0.05) is 34.8 Å². The molecule has 0 aliphatic carbocycles. The van der Waals surface area contributed by atoms with Gasteiger partial charge < -0.3 is 20.8 Å². The summed E-state index contributed by atoms with van der Waals surface area (Å²) in [5, 5.41) is 3.79. The van der Waals surface area contributed by atoms with E-state index in [2.05, 4.69) is 10.3 Å². The number of aromatic nitrogens is 1. The van der Waals surface area contributed by atoms with Crippen molar-refractivity contribution in [3.05, 3.63) is 65.9 Å². The third kappa shape index (κ3) is 5.22. The molecule has 2 amide bonds. The van der Waals surface area contributed by atoms with E-state index in [0.29, 0.717) is 17.7 Å². The summed E-state index contributed by atoms with van der Waals surface area (Å²) in [6.07, 6.45) is 2.63. The largest absolute Gasteiger partial charge is 0.453 e. The summed E-state index contributed by atoms with van der Waals surface area (Å²) >= 11 is 0. The minimum Gasteiger partial charge on any atom is -0.453 e. The summed E-state index contributed by atoms with van der Waals surface area (Å²) in [5.41, 5.74) is 8.23. The van der Waals surface area contributed by atoms with Crippen LogP contribution in [0.2, 0.25) is 0 Å². The molecule has 7 heteroatoms. The zero-order chi connectivity index (χ0) is 20.8. The highest BCUT2D eigenvalue weighted by Gasteiger charge is 2.18. The van der Waals surface area contributed by atoms with Crippen LogP contribution in [-0.4, -0.2) is 28.9 Å². The Morgan fingerprint density at radius 1 is 1.10 bits per heavy atom. The van der Waals surface area contributed by atoms with Crippen LogP contribution in [0.4, 0.5) is 5.69 Å². The van der Waals surface area contributed by atoms with Crippen molar-refractivity contribution in [2.45, 2.75) is 32.3 Å². The van der Waals surface area contributed by atoms with Crippen LogP contribution in [0.3, 0.4) is 0 Å². The fourth-order valence-electron chi connectivity index (χ4n) is 3.03. The number of anilines is 1. The number of H-pyrrole nitrogens is 1. The van der Waals surface area contributed by atoms with Crippen molar-refractivity contribution in [1.82, 2.24) is 4.98 Å². The number of fused-ring (bicyclic) bond motifs is 1. The summed E-state index contributed by atoms with van der Waals surface area (Å²) in [4.78, 5) is 38.5. The van der Waals surface area contributed by atoms with Crippen LogP contribution in [0.5, 0.6) is 0 Å². The summed E-state index contributed by atoms with van der Waals surface area (Å²) in [6.45, 7) is 1.52. The first-order chi connectivity index (χ1) is 13.9. The lowest BCUT2D eigenvalue weighted by Crippen LogP contribution is -2.30. The van der Waals surface area contributed by atoms with E-state index in [4.69, 9.17) is 10.5 Å². The Morgan fingerprint density at radius 3 is 2.55 bits per heavy atom. The molecule has 0 bridgehead atoms. The monoisotopic (exact) mass is 393 g/mol. The molecule has 0 saturated heterocycles. The molecular formula is C22H23N3O4. The van der Waals surface area contributed by atoms with E-state index in [1.807, 2.05) is 30.5 Å². The van der Waals surface area contributed by atoms with Gasteiger partial charge in [0.2, 0.25) is 5.91 Å². The highest BCUT2D eigenvalue weighted by molar-refractivity contribution is 5.96. The van der Waals surface area contributed by atoms with Crippen LogP contribution in [0, 0.1) is 0 Å². The van der Waals surface area contributed by atoms with Gasteiger partial charge in [-0.05, 0) is 55.7 Å². The number of para-hydroxylation sites is 1. The molecule has 0 radical (unpaired) electrons. The van der Waals surface area contributed by atoms with E-state index < -0.39 is 23.9 Å². The van der Waals surface area contributed by atoms with E-state index >= 15 is 0 Å². The molecule has 150 valence electrons. The normalized spacial score (nSPS) is 11.8. The molecule has 7 nitrogen and oxygen atoms in total. The summed E-state index contributed by atoms with van der Waals surface area (Å²) in [7, 11) is 0. The van der Waals surface area contributed by atoms with Gasteiger partial charge in [0.25, 0.3) is 5.91 Å². The van der Waals surface area contributed by atoms with Crippen molar-refractivity contribution < 1.29 is 19.1 Å². The van der Waals surface area contributed by atoms with Crippen LogP contribution >= 0.6 is 0 Å². The predicted octanol–water partition coefficient (Wildman–Crippen LogP) is 3.16. The number of amides is 2. The van der Waals surface area contributed by atoms with Crippen LogP contribution < -0.4 is 11.1 Å². The minimum atomic E-state index is -0.925. The second-order valence-electron chi connectivity index (χ2n) is 6.78. The van der Waals surface area contributed by atoms with Gasteiger partial charge in [0.05, 0.1) is 0 Å². The smallest absolute Gasteiger partial charge is 0.306 e. The van der Waals surface area contributed by atoms with E-state index in [1.165, 1.54) is 19.1 Å². The number of hydrogen-bond donors (Lipinski definition) is 3. The number of nitrogens with two attached hydrogens (primary N) is 1. The van der Waals surface area contributed by atoms with Gasteiger partial charge in [0.1, 0.15) is 0 Å². The number of hydrogen-bond acceptors (Lipinski definition) is 4. The average Bonchev–Trinajstić information content (AvgIpc) is 3.11. The molecule has 3 aromatic rings. The highest BCUT2D eigenvalue weighted by atomic mass is 16.5. The first kappa shape index (κ1) is 20.1. The number of rotatable bonds is 8. The summed E-state index contributed by atoms with van der Waals surface area (Å²) < 4.78 is 5.22. The summed E-state index contributed by atoms with van der Waals surface area (Å²) in [6, 6.07) is 14.2. The lowest BCUT2D eigenvalue weighted by molar-refractivity contribution is -0.153. The molecule has 1 heterocycles. The Labute approximate surface area is 168 Å². The van der Waals surface area contributed by atoms with Gasteiger partial charge >= 0.3 is 5.97 Å². The van der Waals surface area contributed by atoms with Crippen LogP contribution in [0.25, 0.3) is 10.9 Å². The van der Waals surface area contributed by atoms with Crippen LogP contribution in [0.15, 0.2) is 54.7 Å². The fraction of sp³-hybridized carbons (Fsp3) is 0.227. The van der Waals surface area contributed by atoms with E-state index in [9.17, 15) is 14.4 Å². The van der Waals surface area contributed by atoms with Crippen molar-refractivity contribution in [3.63, 3.8) is 0 Å². The van der Waals surface area contributed by atoms with Gasteiger partial charge in [0.15, 0.2) is 6.10 Å². The van der Waals surface area contributed by atoms with Gasteiger partial charge in [-0.3, -0.25) is 14.4 Å². The minimum absolute atomic E-state index is 0.227. The zero-order valence-electron chi connectivity index (χ0n) is 16.1. The van der Waals surface area contributed by atoms with E-state index in [1.54, 1.807) is 12.1 Å². The number of primary amides is 1. The van der Waals surface area contributed by atoms with Crippen molar-refractivity contribution >= 4 is 34.4 Å². The number of carbonyl (C=O) groups is 3. The molecule has 0 aliphatic rings. The molecule has 1 atom stereocenters. The highest BCUT2D eigenvalue weighted by Crippen LogP contribution is 2.19. The first-order valence-electron chi connectivity index (χ1n) is 9.39. The van der Waals surface area contributed by atoms with Crippen molar-refractivity contribution in [1.29, 1.82) is 0 Å². The Morgan fingerprint density at radius 2 is 1.83 bits per heavy atom. The molecule has 4 N–H and O–H groups in total. The maximum atomic E-state index is 12.2. The number of aromatic amines is 1. The molecule has 2 aromatic carbocycles. The van der Waals surface area contributed by atoms with Gasteiger partial charge in [-0.2, -0.15) is 0 Å². The quantitative estimate of drug-likeness (QED) is 0.510. The average molecular weight is 393 g/mol. The van der Waals surface area contributed by atoms with Crippen LogP contribution in [-0.2, 0) is 20.7 Å². The fourth-order valence-corrected chi connectivity index (χ4v) is 3.03. The topological polar surface area (TPSA) is 114 Å². The maximum absolute atomic E-state index is 12.2. The van der Waals surface area contributed by atoms with Crippen molar-refractivity contribution in [2.75, 3.05) is 5.32 Å². The molecule has 0 unspecified atom stereocenters. The second kappa shape index (κ2) is 9.05. The molecule has 29 heavy (non-hydrogen) atoms. The predicted molar refractivity (Wildman–Crippen MR) is 110 cm³/mol. The molecule has 0 spiro atoms. The lowest BCUT2D eigenvalue weighted by atomic mass is 10.1. The number of ether oxygens (including phenoxy) is 1. The van der Waals surface area contributed by atoms with Gasteiger partial charge in [-0.25, -0.2) is 0 Å². The second-order valence-corrected chi connectivity index (χ2v) is 6.78. The molecule has 0 aliphatic heterocycles. The maximum Gasteiger partial charge on any atom is 0.306 e. The number of benzene rings is 2. The first-order valence-corrected chi connectivity index (χ1v) is 9.39. The number of carbonyl (C=O) groups excluding carboxylic acids is 3. The molecule has 0 saturated carbocycles. The number of nitrogens with one attached hydrogen (secondary N) is 2. The van der Waals surface area contributed by atoms with E-state index in [0.717, 1.165) is 22.9 Å². The van der Waals surface area contributed by atoms with Crippen molar-refractivity contribution in [2.24, 2.45) is 5.73 Å². The number of aryl methyl sites for hydroxylation is 1. The Hall–Kier alpha value is -3.61. The molecule has 1 aromatic heterocycles. The number of esters is 1. The standard InChI is InChI=1S/C22H23N3O4/c1-14(22(28)25-17-11-9-15(10-12-17)21(23)27)29-20(26)8-4-5-16-13-24-19-7-3-2-6-18(16)19/h2-3,6-7,9-14,24H,4-5,8H2,1H3,(H2,23,27)(H,25,28)/t14-/m1/s1. The third-order valence-corrected chi connectivity index (χ3v) is 4.62. The molecule has 3 rings (SSSR count). The van der Waals surface area contributed by atoms with Crippen LogP contribution in [0.1, 0.15) is 35.7 Å². The van der Waals surface area contributed by atoms with Crippen molar-refractivity contribution in [3.8, 4) is 0 Å². The summed E-state index contributed by atoms with van der Waals surface area (Å²) in [5.74, 6) is -1.41. The molecular weight excluding hydrogens is 370 g/mol. The SMILES string of the molecule is C[C@@H](OC(=O)CCCc1c[nH]c2ccccc12)C(=O)Nc1ccc(C(N)=O)cc1. The Balaban J connectivity index is 1.44. The lowest BCUT2D eigenvalue weighted by Gasteiger charge is -2.13. The Bertz CT molecular complexity index is 1020. The molecule has 0 fully saturated rings. The van der Waals surface area contributed by atoms with Gasteiger partial charge in [-0.15, -0.1) is 0 Å². The van der Waals surface area contributed by atoms with E-state index in [-0.39, 0.29) is 6.42 Å². The van der Waals surface area contributed by atoms with Gasteiger partial charge in [-0.1, -0.05) is 18.2 Å². The Kier molecular flexibility index (Phi) is 6.29. The third-order valence-electron chi connectivity index (χ3n) is 4.62.